The number of halogens is 1. The normalized spacial score (nSPS) is 12.1. The van der Waals surface area contributed by atoms with Crippen LogP contribution in [-0.2, 0) is 17.3 Å². The Kier molecular flexibility index (Phi) is 5.76. The Hall–Kier alpha value is -1.17. The van der Waals surface area contributed by atoms with Crippen molar-refractivity contribution in [1.82, 2.24) is 0 Å². The number of ether oxygens (including phenoxy) is 1. The highest BCUT2D eigenvalue weighted by Gasteiger charge is 2.04. The lowest BCUT2D eigenvalue weighted by Crippen LogP contribution is -2.08. The minimum atomic E-state index is -1.05. The van der Waals surface area contributed by atoms with Crippen LogP contribution >= 0.6 is 15.9 Å². The molecule has 1 atom stereocenters. The van der Waals surface area contributed by atoms with Gasteiger partial charge in [0.2, 0.25) is 0 Å². The second-order valence-electron chi connectivity index (χ2n) is 4.20. The minimum Gasteiger partial charge on any atom is -0.493 e. The van der Waals surface area contributed by atoms with Gasteiger partial charge in [0.05, 0.1) is 16.6 Å². The molecular formula is C15H16BrNO2S. The molecule has 0 aliphatic carbocycles. The molecule has 2 aromatic carbocycles. The van der Waals surface area contributed by atoms with E-state index in [1.54, 1.807) is 0 Å². The molecule has 0 spiro atoms. The lowest BCUT2D eigenvalue weighted by Gasteiger charge is -2.07. The second-order valence-corrected chi connectivity index (χ2v) is 6.69. The van der Waals surface area contributed by atoms with Gasteiger partial charge in [0, 0.05) is 15.9 Å². The fourth-order valence-corrected chi connectivity index (χ4v) is 3.19. The fraction of sp³-hybridized carbons (Fsp3) is 0.200. The highest BCUT2D eigenvalue weighted by atomic mass is 79.9. The second kappa shape index (κ2) is 7.57. The van der Waals surface area contributed by atoms with E-state index >= 15 is 0 Å². The van der Waals surface area contributed by atoms with Gasteiger partial charge in [-0.1, -0.05) is 34.1 Å². The molecule has 5 heteroatoms. The lowest BCUT2D eigenvalue weighted by molar-refractivity contribution is 0.342. The summed E-state index contributed by atoms with van der Waals surface area (Å²) in [5, 5.41) is 0. The van der Waals surface area contributed by atoms with Crippen LogP contribution in [0.15, 0.2) is 57.9 Å². The number of benzene rings is 2. The summed E-state index contributed by atoms with van der Waals surface area (Å²) in [5.74, 6) is 1.24. The van der Waals surface area contributed by atoms with E-state index in [2.05, 4.69) is 15.9 Å². The van der Waals surface area contributed by atoms with Gasteiger partial charge in [-0.05, 0) is 35.9 Å². The first-order valence-corrected chi connectivity index (χ1v) is 8.36. The SMILES string of the molecule is NCc1ccc(OCCS(=O)c2cccc(Br)c2)cc1. The molecule has 2 rings (SSSR count). The molecule has 0 fully saturated rings. The molecule has 0 aromatic heterocycles. The summed E-state index contributed by atoms with van der Waals surface area (Å²) in [6.45, 7) is 0.939. The molecule has 20 heavy (non-hydrogen) atoms. The van der Waals surface area contributed by atoms with Crippen LogP contribution in [0, 0.1) is 0 Å². The van der Waals surface area contributed by atoms with Gasteiger partial charge in [0.25, 0.3) is 0 Å². The molecule has 0 aliphatic heterocycles. The molecule has 2 N–H and O–H groups in total. The number of hydrogen-bond acceptors (Lipinski definition) is 3. The Morgan fingerprint density at radius 2 is 1.90 bits per heavy atom. The van der Waals surface area contributed by atoms with Gasteiger partial charge in [-0.15, -0.1) is 0 Å². The van der Waals surface area contributed by atoms with E-state index in [1.807, 2.05) is 48.5 Å². The molecule has 106 valence electrons. The van der Waals surface area contributed by atoms with Crippen LogP contribution in [0.5, 0.6) is 5.75 Å². The van der Waals surface area contributed by atoms with E-state index < -0.39 is 10.8 Å². The van der Waals surface area contributed by atoms with Gasteiger partial charge >= 0.3 is 0 Å². The number of hydrogen-bond donors (Lipinski definition) is 1. The molecular weight excluding hydrogens is 338 g/mol. The Morgan fingerprint density at radius 1 is 1.15 bits per heavy atom. The van der Waals surface area contributed by atoms with E-state index in [0.29, 0.717) is 18.9 Å². The molecule has 0 radical (unpaired) electrons. The van der Waals surface area contributed by atoms with Crippen molar-refractivity contribution in [2.75, 3.05) is 12.4 Å². The summed E-state index contributed by atoms with van der Waals surface area (Å²) in [7, 11) is -1.05. The van der Waals surface area contributed by atoms with Crippen LogP contribution in [0.3, 0.4) is 0 Å². The Labute approximate surface area is 129 Å². The van der Waals surface area contributed by atoms with Crippen LogP contribution < -0.4 is 10.5 Å². The van der Waals surface area contributed by atoms with Crippen LogP contribution in [0.2, 0.25) is 0 Å². The van der Waals surface area contributed by atoms with Gasteiger partial charge in [-0.25, -0.2) is 0 Å². The quantitative estimate of drug-likeness (QED) is 0.867. The van der Waals surface area contributed by atoms with Crippen LogP contribution in [-0.4, -0.2) is 16.6 Å². The molecule has 3 nitrogen and oxygen atoms in total. The van der Waals surface area contributed by atoms with Crippen molar-refractivity contribution in [2.45, 2.75) is 11.4 Å². The molecule has 0 heterocycles. The van der Waals surface area contributed by atoms with Crippen molar-refractivity contribution in [2.24, 2.45) is 5.73 Å². The smallest absolute Gasteiger partial charge is 0.119 e. The average Bonchev–Trinajstić information content (AvgIpc) is 2.48. The van der Waals surface area contributed by atoms with E-state index in [-0.39, 0.29) is 0 Å². The van der Waals surface area contributed by atoms with Crippen molar-refractivity contribution in [3.05, 3.63) is 58.6 Å². The zero-order chi connectivity index (χ0) is 14.4. The van der Waals surface area contributed by atoms with E-state index in [4.69, 9.17) is 10.5 Å². The van der Waals surface area contributed by atoms with Crippen molar-refractivity contribution in [3.63, 3.8) is 0 Å². The molecule has 0 amide bonds. The summed E-state index contributed by atoms with van der Waals surface area (Å²) in [6, 6.07) is 15.1. The summed E-state index contributed by atoms with van der Waals surface area (Å²) in [6.07, 6.45) is 0. The number of nitrogens with two attached hydrogens (primary N) is 1. The van der Waals surface area contributed by atoms with E-state index in [9.17, 15) is 4.21 Å². The molecule has 0 saturated carbocycles. The molecule has 1 unspecified atom stereocenters. The third-order valence-corrected chi connectivity index (χ3v) is 4.57. The van der Waals surface area contributed by atoms with Gasteiger partial charge < -0.3 is 10.5 Å². The maximum atomic E-state index is 12.1. The molecule has 2 aromatic rings. The Bertz CT molecular complexity index is 587. The Morgan fingerprint density at radius 3 is 2.55 bits per heavy atom. The summed E-state index contributed by atoms with van der Waals surface area (Å²) in [4.78, 5) is 0.807. The first kappa shape index (κ1) is 15.2. The monoisotopic (exact) mass is 353 g/mol. The average molecular weight is 354 g/mol. The predicted molar refractivity (Wildman–Crippen MR) is 85.2 cm³/mol. The first-order valence-electron chi connectivity index (χ1n) is 6.25. The largest absolute Gasteiger partial charge is 0.493 e. The standard InChI is InChI=1S/C15H16BrNO2S/c16-13-2-1-3-15(10-13)20(18)9-8-19-14-6-4-12(11-17)5-7-14/h1-7,10H,8-9,11,17H2. The van der Waals surface area contributed by atoms with Gasteiger partial charge in [-0.3, -0.25) is 4.21 Å². The maximum Gasteiger partial charge on any atom is 0.119 e. The first-order chi connectivity index (χ1) is 9.69. The van der Waals surface area contributed by atoms with Crippen LogP contribution in [0.4, 0.5) is 0 Å². The van der Waals surface area contributed by atoms with Crippen LogP contribution in [0.1, 0.15) is 5.56 Å². The summed E-state index contributed by atoms with van der Waals surface area (Å²) < 4.78 is 18.6. The predicted octanol–water partition coefficient (Wildman–Crippen LogP) is 3.09. The highest BCUT2D eigenvalue weighted by molar-refractivity contribution is 9.10. The zero-order valence-corrected chi connectivity index (χ0v) is 13.3. The molecule has 0 aliphatic rings. The third kappa shape index (κ3) is 4.44. The molecule has 0 saturated heterocycles. The topological polar surface area (TPSA) is 52.3 Å². The van der Waals surface area contributed by atoms with Crippen molar-refractivity contribution in [3.8, 4) is 5.75 Å². The Balaban J connectivity index is 1.84. The van der Waals surface area contributed by atoms with Gasteiger partial charge in [-0.2, -0.15) is 0 Å². The highest BCUT2D eigenvalue weighted by Crippen LogP contribution is 2.16. The van der Waals surface area contributed by atoms with Gasteiger partial charge in [0.1, 0.15) is 12.4 Å². The van der Waals surface area contributed by atoms with E-state index in [1.165, 1.54) is 0 Å². The maximum absolute atomic E-state index is 12.1. The zero-order valence-electron chi connectivity index (χ0n) is 10.9. The van der Waals surface area contributed by atoms with E-state index in [0.717, 1.165) is 20.7 Å². The lowest BCUT2D eigenvalue weighted by atomic mass is 10.2. The van der Waals surface area contributed by atoms with Crippen LogP contribution in [0.25, 0.3) is 0 Å². The summed E-state index contributed by atoms with van der Waals surface area (Å²) in [5.41, 5.74) is 6.60. The molecule has 0 bridgehead atoms. The van der Waals surface area contributed by atoms with Crippen molar-refractivity contribution >= 4 is 26.7 Å². The van der Waals surface area contributed by atoms with Crippen molar-refractivity contribution in [1.29, 1.82) is 0 Å². The summed E-state index contributed by atoms with van der Waals surface area (Å²) >= 11 is 3.37. The third-order valence-electron chi connectivity index (χ3n) is 2.76. The minimum absolute atomic E-state index is 0.418. The number of rotatable bonds is 6. The van der Waals surface area contributed by atoms with Gasteiger partial charge in [0.15, 0.2) is 0 Å². The fourth-order valence-electron chi connectivity index (χ4n) is 1.68. The van der Waals surface area contributed by atoms with Crippen molar-refractivity contribution < 1.29 is 8.95 Å².